The van der Waals surface area contributed by atoms with Crippen LogP contribution in [0.2, 0.25) is 0 Å². The van der Waals surface area contributed by atoms with E-state index in [1.54, 1.807) is 12.2 Å². The maximum atomic E-state index is 12.9. The minimum atomic E-state index is -0.285. The van der Waals surface area contributed by atoms with Gasteiger partial charge in [-0.05, 0) is 68.3 Å². The standard InChI is InChI=1S/C25H27NO4S/c1-5-8-20-13-19(14-21(29-6-2)23(20)30-7-3)15-22-24(27)26(25(28)31-22)16-18-11-9-17(4)10-12-18/h5,9-15H,1,6-8,16H2,2-4H3/b22-15+. The second-order valence-electron chi connectivity index (χ2n) is 7.12. The highest BCUT2D eigenvalue weighted by Gasteiger charge is 2.35. The average molecular weight is 438 g/mol. The molecule has 1 saturated heterocycles. The molecule has 6 heteroatoms. The summed E-state index contributed by atoms with van der Waals surface area (Å²) < 4.78 is 11.6. The van der Waals surface area contributed by atoms with Gasteiger partial charge in [-0.25, -0.2) is 0 Å². The fourth-order valence-electron chi connectivity index (χ4n) is 3.31. The van der Waals surface area contributed by atoms with Gasteiger partial charge in [0.25, 0.3) is 11.1 Å². The number of imide groups is 1. The fourth-order valence-corrected chi connectivity index (χ4v) is 4.15. The van der Waals surface area contributed by atoms with Crippen molar-refractivity contribution in [2.45, 2.75) is 33.7 Å². The minimum absolute atomic E-state index is 0.261. The Morgan fingerprint density at radius 2 is 1.77 bits per heavy atom. The lowest BCUT2D eigenvalue weighted by Gasteiger charge is -2.16. The number of hydrogen-bond acceptors (Lipinski definition) is 5. The van der Waals surface area contributed by atoms with E-state index in [1.807, 2.05) is 57.2 Å². The van der Waals surface area contributed by atoms with Crippen LogP contribution in [0, 0.1) is 6.92 Å². The van der Waals surface area contributed by atoms with E-state index < -0.39 is 0 Å². The van der Waals surface area contributed by atoms with Crippen LogP contribution < -0.4 is 9.47 Å². The third-order valence-electron chi connectivity index (χ3n) is 4.74. The number of allylic oxidation sites excluding steroid dienone is 1. The van der Waals surface area contributed by atoms with Crippen LogP contribution in [0.25, 0.3) is 6.08 Å². The van der Waals surface area contributed by atoms with E-state index in [9.17, 15) is 9.59 Å². The molecule has 5 nitrogen and oxygen atoms in total. The Balaban J connectivity index is 1.91. The number of thioether (sulfide) groups is 1. The summed E-state index contributed by atoms with van der Waals surface area (Å²) in [5.74, 6) is 1.02. The van der Waals surface area contributed by atoms with Gasteiger partial charge in [0, 0.05) is 5.56 Å². The predicted octanol–water partition coefficient (Wildman–Crippen LogP) is 5.76. The number of ether oxygens (including phenoxy) is 2. The topological polar surface area (TPSA) is 55.8 Å². The van der Waals surface area contributed by atoms with Crippen LogP contribution in [0.4, 0.5) is 4.79 Å². The highest BCUT2D eigenvalue weighted by atomic mass is 32.2. The highest BCUT2D eigenvalue weighted by molar-refractivity contribution is 8.18. The molecule has 2 aromatic rings. The number of hydrogen-bond donors (Lipinski definition) is 0. The lowest BCUT2D eigenvalue weighted by atomic mass is 10.0. The van der Waals surface area contributed by atoms with Crippen LogP contribution in [0.3, 0.4) is 0 Å². The first-order valence-corrected chi connectivity index (χ1v) is 11.1. The molecule has 162 valence electrons. The molecule has 3 rings (SSSR count). The molecule has 0 radical (unpaired) electrons. The first kappa shape index (κ1) is 22.7. The third-order valence-corrected chi connectivity index (χ3v) is 5.65. The van der Waals surface area contributed by atoms with E-state index in [2.05, 4.69) is 6.58 Å². The zero-order valence-electron chi connectivity index (χ0n) is 18.1. The number of nitrogens with zero attached hydrogens (tertiary/aromatic N) is 1. The highest BCUT2D eigenvalue weighted by Crippen LogP contribution is 2.37. The molecule has 31 heavy (non-hydrogen) atoms. The Bertz CT molecular complexity index is 1010. The van der Waals surface area contributed by atoms with Crippen molar-refractivity contribution in [1.29, 1.82) is 0 Å². The summed E-state index contributed by atoms with van der Waals surface area (Å²) in [6.45, 7) is 10.9. The molecule has 1 fully saturated rings. The molecule has 0 atom stereocenters. The molecule has 0 unspecified atom stereocenters. The molecule has 1 aliphatic heterocycles. The zero-order chi connectivity index (χ0) is 22.4. The van der Waals surface area contributed by atoms with Crippen LogP contribution in [0.15, 0.2) is 54.0 Å². The quantitative estimate of drug-likeness (QED) is 0.369. The number of rotatable bonds is 9. The van der Waals surface area contributed by atoms with Gasteiger partial charge in [0.05, 0.1) is 24.7 Å². The number of benzene rings is 2. The second kappa shape index (κ2) is 10.4. The van der Waals surface area contributed by atoms with Gasteiger partial charge in [-0.1, -0.05) is 35.9 Å². The van der Waals surface area contributed by atoms with Gasteiger partial charge in [0.2, 0.25) is 0 Å². The first-order chi connectivity index (χ1) is 15.0. The van der Waals surface area contributed by atoms with Crippen molar-refractivity contribution in [3.8, 4) is 11.5 Å². The Labute approximate surface area is 187 Å². The van der Waals surface area contributed by atoms with Gasteiger partial charge in [-0.2, -0.15) is 0 Å². The summed E-state index contributed by atoms with van der Waals surface area (Å²) in [4.78, 5) is 27.1. The van der Waals surface area contributed by atoms with Crippen molar-refractivity contribution < 1.29 is 19.1 Å². The van der Waals surface area contributed by atoms with Gasteiger partial charge in [0.15, 0.2) is 11.5 Å². The summed E-state index contributed by atoms with van der Waals surface area (Å²) in [5, 5.41) is -0.265. The molecule has 1 aliphatic rings. The van der Waals surface area contributed by atoms with Gasteiger partial charge >= 0.3 is 0 Å². The largest absolute Gasteiger partial charge is 0.490 e. The normalized spacial score (nSPS) is 14.9. The van der Waals surface area contributed by atoms with Crippen molar-refractivity contribution in [3.05, 3.63) is 76.2 Å². The molecule has 0 bridgehead atoms. The molecule has 0 aliphatic carbocycles. The Morgan fingerprint density at radius 3 is 2.42 bits per heavy atom. The Morgan fingerprint density at radius 1 is 1.06 bits per heavy atom. The van der Waals surface area contributed by atoms with E-state index in [0.717, 1.165) is 34.0 Å². The van der Waals surface area contributed by atoms with Crippen molar-refractivity contribution in [2.24, 2.45) is 0 Å². The number of aryl methyl sites for hydroxylation is 1. The maximum absolute atomic E-state index is 12.9. The van der Waals surface area contributed by atoms with Gasteiger partial charge in [-0.3, -0.25) is 14.5 Å². The van der Waals surface area contributed by atoms with Crippen LogP contribution in [-0.2, 0) is 17.8 Å². The molecule has 1 heterocycles. The van der Waals surface area contributed by atoms with Crippen LogP contribution in [0.5, 0.6) is 11.5 Å². The molecule has 0 saturated carbocycles. The number of carbonyl (C=O) groups is 2. The lowest BCUT2D eigenvalue weighted by Crippen LogP contribution is -2.27. The van der Waals surface area contributed by atoms with Crippen molar-refractivity contribution in [3.63, 3.8) is 0 Å². The summed E-state index contributed by atoms with van der Waals surface area (Å²) in [5.41, 5.74) is 3.76. The van der Waals surface area contributed by atoms with Crippen molar-refractivity contribution in [1.82, 2.24) is 4.90 Å². The molecule has 0 spiro atoms. The molecular weight excluding hydrogens is 410 g/mol. The summed E-state index contributed by atoms with van der Waals surface area (Å²) >= 11 is 0.958. The first-order valence-electron chi connectivity index (χ1n) is 10.3. The van der Waals surface area contributed by atoms with E-state index in [4.69, 9.17) is 9.47 Å². The molecule has 0 aromatic heterocycles. The Kier molecular flexibility index (Phi) is 7.58. The van der Waals surface area contributed by atoms with Crippen molar-refractivity contribution >= 4 is 29.0 Å². The second-order valence-corrected chi connectivity index (χ2v) is 8.11. The summed E-state index contributed by atoms with van der Waals surface area (Å²) in [7, 11) is 0. The zero-order valence-corrected chi connectivity index (χ0v) is 19.0. The minimum Gasteiger partial charge on any atom is -0.490 e. The van der Waals surface area contributed by atoms with E-state index >= 15 is 0 Å². The van der Waals surface area contributed by atoms with Crippen LogP contribution in [-0.4, -0.2) is 29.3 Å². The summed E-state index contributed by atoms with van der Waals surface area (Å²) in [6.07, 6.45) is 4.14. The van der Waals surface area contributed by atoms with Gasteiger partial charge in [-0.15, -0.1) is 6.58 Å². The van der Waals surface area contributed by atoms with E-state index in [0.29, 0.717) is 36.0 Å². The fraction of sp³-hybridized carbons (Fsp3) is 0.280. The average Bonchev–Trinajstić information content (AvgIpc) is 3.00. The van der Waals surface area contributed by atoms with E-state index in [-0.39, 0.29) is 17.7 Å². The summed E-state index contributed by atoms with van der Waals surface area (Å²) in [6, 6.07) is 11.6. The van der Waals surface area contributed by atoms with Crippen molar-refractivity contribution in [2.75, 3.05) is 13.2 Å². The van der Waals surface area contributed by atoms with Gasteiger partial charge in [0.1, 0.15) is 0 Å². The van der Waals surface area contributed by atoms with Crippen LogP contribution in [0.1, 0.15) is 36.1 Å². The number of carbonyl (C=O) groups excluding carboxylic acids is 2. The van der Waals surface area contributed by atoms with Gasteiger partial charge < -0.3 is 9.47 Å². The number of amides is 2. The van der Waals surface area contributed by atoms with Crippen LogP contribution >= 0.6 is 11.8 Å². The monoisotopic (exact) mass is 437 g/mol. The molecule has 0 N–H and O–H groups in total. The Hall–Kier alpha value is -2.99. The molecule has 2 amide bonds. The molecular formula is C25H27NO4S. The third kappa shape index (κ3) is 5.39. The molecule has 2 aromatic carbocycles. The maximum Gasteiger partial charge on any atom is 0.293 e. The lowest BCUT2D eigenvalue weighted by molar-refractivity contribution is -0.123. The smallest absolute Gasteiger partial charge is 0.293 e. The SMILES string of the molecule is C=CCc1cc(/C=C2/SC(=O)N(Cc3ccc(C)cc3)C2=O)cc(OCC)c1OCC. The van der Waals surface area contributed by atoms with E-state index in [1.165, 1.54) is 4.90 Å². The predicted molar refractivity (Wildman–Crippen MR) is 125 cm³/mol.